The van der Waals surface area contributed by atoms with Gasteiger partial charge in [0.1, 0.15) is 6.07 Å². The standard InChI is InChI=1S/C31H21N3/c1-20-9-2-5-13-23(20)27(19-32)31-30(33-28-16-8-12-21-10-3-6-14-24(21)28)26-18-17-22-11-4-7-15-25(22)29(26)34-31/h2-18,34H,1H3/b31-27-,33-30?. The fraction of sp³-hybridized carbons (Fsp3) is 0.0323. The van der Waals surface area contributed by atoms with Crippen molar-refractivity contribution >= 4 is 44.2 Å². The number of anilines is 1. The molecule has 3 nitrogen and oxygen atoms in total. The van der Waals surface area contributed by atoms with E-state index in [2.05, 4.69) is 53.9 Å². The maximum absolute atomic E-state index is 10.3. The number of fused-ring (bicyclic) bond motifs is 4. The van der Waals surface area contributed by atoms with E-state index in [-0.39, 0.29) is 0 Å². The van der Waals surface area contributed by atoms with Gasteiger partial charge in [0.15, 0.2) is 0 Å². The van der Waals surface area contributed by atoms with Crippen molar-refractivity contribution in [1.29, 1.82) is 5.26 Å². The highest BCUT2D eigenvalue weighted by atomic mass is 15.0. The highest BCUT2D eigenvalue weighted by Gasteiger charge is 2.28. The molecular weight excluding hydrogens is 414 g/mol. The molecule has 34 heavy (non-hydrogen) atoms. The van der Waals surface area contributed by atoms with Gasteiger partial charge in [0.2, 0.25) is 0 Å². The second kappa shape index (κ2) is 8.03. The molecule has 0 fully saturated rings. The van der Waals surface area contributed by atoms with Crippen LogP contribution in [0.2, 0.25) is 0 Å². The van der Waals surface area contributed by atoms with Crippen LogP contribution in [0.5, 0.6) is 0 Å². The molecule has 1 heterocycles. The fourth-order valence-corrected chi connectivity index (χ4v) is 4.75. The molecule has 0 bridgehead atoms. The molecular formula is C31H21N3. The van der Waals surface area contributed by atoms with Crippen LogP contribution >= 0.6 is 0 Å². The van der Waals surface area contributed by atoms with Crippen molar-refractivity contribution in [3.63, 3.8) is 0 Å². The fourth-order valence-electron chi connectivity index (χ4n) is 4.75. The third-order valence-electron chi connectivity index (χ3n) is 6.45. The van der Waals surface area contributed by atoms with Crippen LogP contribution in [0, 0.1) is 18.3 Å². The van der Waals surface area contributed by atoms with Gasteiger partial charge in [0.05, 0.1) is 28.4 Å². The van der Waals surface area contributed by atoms with Crippen molar-refractivity contribution < 1.29 is 0 Å². The van der Waals surface area contributed by atoms with E-state index < -0.39 is 0 Å². The molecule has 6 rings (SSSR count). The summed E-state index contributed by atoms with van der Waals surface area (Å²) in [6.07, 6.45) is 0. The number of allylic oxidation sites excluding steroid dienone is 2. The maximum Gasteiger partial charge on any atom is 0.102 e. The number of nitrogens with one attached hydrogen (secondary N) is 1. The Labute approximate surface area is 198 Å². The Morgan fingerprint density at radius 1 is 0.735 bits per heavy atom. The van der Waals surface area contributed by atoms with Gasteiger partial charge in [-0.25, -0.2) is 4.99 Å². The lowest BCUT2D eigenvalue weighted by atomic mass is 9.97. The molecule has 5 aromatic carbocycles. The van der Waals surface area contributed by atoms with Gasteiger partial charge in [-0.3, -0.25) is 0 Å². The first-order valence-corrected chi connectivity index (χ1v) is 11.3. The molecule has 1 N–H and O–H groups in total. The minimum Gasteiger partial charge on any atom is -0.352 e. The Morgan fingerprint density at radius 2 is 1.41 bits per heavy atom. The number of hydrogen-bond donors (Lipinski definition) is 1. The van der Waals surface area contributed by atoms with Gasteiger partial charge in [-0.1, -0.05) is 91.0 Å². The average Bonchev–Trinajstić information content (AvgIpc) is 3.24. The van der Waals surface area contributed by atoms with Gasteiger partial charge >= 0.3 is 0 Å². The van der Waals surface area contributed by atoms with E-state index in [4.69, 9.17) is 4.99 Å². The second-order valence-corrected chi connectivity index (χ2v) is 8.47. The van der Waals surface area contributed by atoms with E-state index in [1.807, 2.05) is 67.6 Å². The highest BCUT2D eigenvalue weighted by Crippen LogP contribution is 2.40. The summed E-state index contributed by atoms with van der Waals surface area (Å²) >= 11 is 0. The lowest BCUT2D eigenvalue weighted by Crippen LogP contribution is -2.06. The van der Waals surface area contributed by atoms with Crippen LogP contribution in [-0.2, 0) is 0 Å². The lowest BCUT2D eigenvalue weighted by molar-refractivity contribution is 1.41. The first-order chi connectivity index (χ1) is 16.7. The molecule has 0 atom stereocenters. The highest BCUT2D eigenvalue weighted by molar-refractivity contribution is 6.29. The zero-order valence-corrected chi connectivity index (χ0v) is 18.7. The Kier molecular flexibility index (Phi) is 4.71. The zero-order valence-electron chi connectivity index (χ0n) is 18.7. The normalized spacial score (nSPS) is 15.2. The van der Waals surface area contributed by atoms with Crippen molar-refractivity contribution in [2.75, 3.05) is 5.32 Å². The van der Waals surface area contributed by atoms with Crippen LogP contribution in [0.25, 0.3) is 27.1 Å². The third kappa shape index (κ3) is 3.17. The zero-order chi connectivity index (χ0) is 23.1. The minimum absolute atomic E-state index is 0.595. The molecule has 0 amide bonds. The largest absolute Gasteiger partial charge is 0.352 e. The second-order valence-electron chi connectivity index (χ2n) is 8.47. The van der Waals surface area contributed by atoms with Crippen molar-refractivity contribution in [2.45, 2.75) is 6.92 Å². The molecule has 1 aliphatic rings. The van der Waals surface area contributed by atoms with Crippen LogP contribution in [0.15, 0.2) is 114 Å². The lowest BCUT2D eigenvalue weighted by Gasteiger charge is -2.10. The molecule has 3 heteroatoms. The Morgan fingerprint density at radius 3 is 2.21 bits per heavy atom. The molecule has 0 aliphatic carbocycles. The van der Waals surface area contributed by atoms with E-state index >= 15 is 0 Å². The first-order valence-electron chi connectivity index (χ1n) is 11.3. The molecule has 0 saturated carbocycles. The molecule has 5 aromatic rings. The SMILES string of the molecule is Cc1ccccc1/C(C#N)=C1\Nc2c(ccc3ccccc23)C1=Nc1cccc2ccccc12. The van der Waals surface area contributed by atoms with Crippen molar-refractivity contribution in [3.8, 4) is 6.07 Å². The van der Waals surface area contributed by atoms with Crippen LogP contribution < -0.4 is 5.32 Å². The van der Waals surface area contributed by atoms with Crippen LogP contribution in [0.4, 0.5) is 11.4 Å². The van der Waals surface area contributed by atoms with Crippen molar-refractivity contribution in [2.24, 2.45) is 4.99 Å². The van der Waals surface area contributed by atoms with E-state index in [0.29, 0.717) is 5.57 Å². The number of aliphatic imine (C=N–C) groups is 1. The van der Waals surface area contributed by atoms with Gasteiger partial charge in [-0.2, -0.15) is 5.26 Å². The summed E-state index contributed by atoms with van der Waals surface area (Å²) in [5, 5.41) is 18.4. The van der Waals surface area contributed by atoms with Gasteiger partial charge in [0, 0.05) is 16.3 Å². The van der Waals surface area contributed by atoms with Gasteiger partial charge in [0.25, 0.3) is 0 Å². The van der Waals surface area contributed by atoms with Crippen LogP contribution in [0.1, 0.15) is 16.7 Å². The summed E-state index contributed by atoms with van der Waals surface area (Å²) in [6.45, 7) is 2.03. The smallest absolute Gasteiger partial charge is 0.102 e. The predicted molar refractivity (Wildman–Crippen MR) is 141 cm³/mol. The van der Waals surface area contributed by atoms with E-state index in [0.717, 1.165) is 61.0 Å². The van der Waals surface area contributed by atoms with Gasteiger partial charge in [-0.15, -0.1) is 0 Å². The summed E-state index contributed by atoms with van der Waals surface area (Å²) in [4.78, 5) is 5.19. The van der Waals surface area contributed by atoms with E-state index in [1.54, 1.807) is 0 Å². The number of nitrogens with zero attached hydrogens (tertiary/aromatic N) is 2. The Hall–Kier alpha value is -4.68. The van der Waals surface area contributed by atoms with E-state index in [9.17, 15) is 5.26 Å². The quantitative estimate of drug-likeness (QED) is 0.288. The number of hydrogen-bond acceptors (Lipinski definition) is 3. The molecule has 1 aliphatic heterocycles. The average molecular weight is 436 g/mol. The third-order valence-corrected chi connectivity index (χ3v) is 6.45. The molecule has 0 radical (unpaired) electrons. The summed E-state index contributed by atoms with van der Waals surface area (Å²) < 4.78 is 0. The molecule has 0 unspecified atom stereocenters. The topological polar surface area (TPSA) is 48.2 Å². The monoisotopic (exact) mass is 435 g/mol. The number of rotatable bonds is 2. The van der Waals surface area contributed by atoms with Crippen LogP contribution in [-0.4, -0.2) is 5.71 Å². The number of benzene rings is 5. The predicted octanol–water partition coefficient (Wildman–Crippen LogP) is 7.78. The minimum atomic E-state index is 0.595. The Bertz CT molecular complexity index is 1690. The summed E-state index contributed by atoms with van der Waals surface area (Å²) in [5.41, 5.74) is 6.98. The van der Waals surface area contributed by atoms with Crippen molar-refractivity contribution in [1.82, 2.24) is 0 Å². The first kappa shape index (κ1) is 20.0. The van der Waals surface area contributed by atoms with Crippen molar-refractivity contribution in [3.05, 3.63) is 126 Å². The Balaban J connectivity index is 1.68. The molecule has 0 saturated heterocycles. The summed E-state index contributed by atoms with van der Waals surface area (Å²) in [7, 11) is 0. The van der Waals surface area contributed by atoms with Crippen LogP contribution in [0.3, 0.4) is 0 Å². The summed E-state index contributed by atoms with van der Waals surface area (Å²) in [6, 6.07) is 37.4. The summed E-state index contributed by atoms with van der Waals surface area (Å²) in [5.74, 6) is 0. The molecule has 0 aromatic heterocycles. The number of aryl methyl sites for hydroxylation is 1. The van der Waals surface area contributed by atoms with Gasteiger partial charge < -0.3 is 5.32 Å². The number of nitriles is 1. The van der Waals surface area contributed by atoms with Gasteiger partial charge in [-0.05, 0) is 41.0 Å². The van der Waals surface area contributed by atoms with E-state index in [1.165, 1.54) is 0 Å². The molecule has 0 spiro atoms. The maximum atomic E-state index is 10.3. The molecule has 160 valence electrons.